The van der Waals surface area contributed by atoms with Gasteiger partial charge in [-0.15, -0.1) is 0 Å². The number of hydrogen-bond donors (Lipinski definition) is 2. The van der Waals surface area contributed by atoms with Crippen LogP contribution in [0.5, 0.6) is 17.2 Å². The van der Waals surface area contributed by atoms with Crippen LogP contribution in [0.3, 0.4) is 0 Å². The van der Waals surface area contributed by atoms with E-state index < -0.39 is 17.8 Å². The smallest absolute Gasteiger partial charge is 0.325 e. The molecule has 0 aliphatic heterocycles. The maximum atomic E-state index is 13.7. The number of rotatable bonds is 5. The molecule has 1 aromatic carbocycles. The van der Waals surface area contributed by atoms with Gasteiger partial charge in [0.25, 0.3) is 0 Å². The van der Waals surface area contributed by atoms with Crippen molar-refractivity contribution in [2.24, 2.45) is 5.73 Å². The number of ether oxygens (including phenoxy) is 3. The summed E-state index contributed by atoms with van der Waals surface area (Å²) in [5.74, 6) is -2.31. The van der Waals surface area contributed by atoms with E-state index in [1.807, 2.05) is 0 Å². The molecular weight excluding hydrogens is 245 g/mol. The second kappa shape index (κ2) is 5.54. The lowest BCUT2D eigenvalue weighted by molar-refractivity contribution is -0.138. The number of halogens is 1. The monoisotopic (exact) mass is 259 g/mol. The summed E-state index contributed by atoms with van der Waals surface area (Å²) < 4.78 is 28.5. The van der Waals surface area contributed by atoms with Crippen LogP contribution in [-0.4, -0.2) is 32.4 Å². The van der Waals surface area contributed by atoms with E-state index in [2.05, 4.69) is 0 Å². The Labute approximate surface area is 103 Å². The molecule has 1 unspecified atom stereocenters. The second-order valence-corrected chi connectivity index (χ2v) is 3.36. The highest BCUT2D eigenvalue weighted by Crippen LogP contribution is 2.42. The Bertz CT molecular complexity index is 463. The third-order valence-corrected chi connectivity index (χ3v) is 2.39. The van der Waals surface area contributed by atoms with Crippen LogP contribution in [0.4, 0.5) is 4.39 Å². The number of carboxylic acids is 1. The van der Waals surface area contributed by atoms with Gasteiger partial charge in [0.1, 0.15) is 6.04 Å². The second-order valence-electron chi connectivity index (χ2n) is 3.36. The Morgan fingerprint density at radius 3 is 2.22 bits per heavy atom. The molecule has 0 aliphatic rings. The minimum absolute atomic E-state index is 0.0330. The van der Waals surface area contributed by atoms with E-state index in [0.29, 0.717) is 0 Å². The average molecular weight is 259 g/mol. The minimum atomic E-state index is -1.49. The zero-order chi connectivity index (χ0) is 13.9. The third-order valence-electron chi connectivity index (χ3n) is 2.39. The van der Waals surface area contributed by atoms with Gasteiger partial charge in [0.05, 0.1) is 26.9 Å². The van der Waals surface area contributed by atoms with Crippen molar-refractivity contribution in [2.75, 3.05) is 21.3 Å². The SMILES string of the molecule is COc1cc(F)c(OC)c(C(N)C(=O)O)c1OC. The van der Waals surface area contributed by atoms with Crippen molar-refractivity contribution in [3.8, 4) is 17.2 Å². The lowest BCUT2D eigenvalue weighted by atomic mass is 10.0. The Kier molecular flexibility index (Phi) is 4.33. The summed E-state index contributed by atoms with van der Waals surface area (Å²) in [5.41, 5.74) is 5.39. The fourth-order valence-electron chi connectivity index (χ4n) is 1.59. The fraction of sp³-hybridized carbons (Fsp3) is 0.364. The molecule has 0 saturated carbocycles. The predicted octanol–water partition coefficient (Wildman–Crippen LogP) is 0.936. The number of hydrogen-bond acceptors (Lipinski definition) is 5. The molecule has 1 aromatic rings. The molecule has 3 N–H and O–H groups in total. The Balaban J connectivity index is 3.60. The van der Waals surface area contributed by atoms with Gasteiger partial charge >= 0.3 is 5.97 Å². The van der Waals surface area contributed by atoms with E-state index in [0.717, 1.165) is 6.07 Å². The lowest BCUT2D eigenvalue weighted by Gasteiger charge is -2.19. The molecule has 18 heavy (non-hydrogen) atoms. The quantitative estimate of drug-likeness (QED) is 0.817. The topological polar surface area (TPSA) is 91.0 Å². The first kappa shape index (κ1) is 14.0. The van der Waals surface area contributed by atoms with Crippen LogP contribution in [0, 0.1) is 5.82 Å². The first-order valence-corrected chi connectivity index (χ1v) is 4.94. The molecule has 1 atom stereocenters. The van der Waals surface area contributed by atoms with E-state index in [9.17, 15) is 9.18 Å². The first-order chi connectivity index (χ1) is 8.47. The van der Waals surface area contributed by atoms with E-state index in [1.54, 1.807) is 0 Å². The van der Waals surface area contributed by atoms with E-state index in [-0.39, 0.29) is 22.8 Å². The Hall–Kier alpha value is -2.02. The van der Waals surface area contributed by atoms with E-state index in [4.69, 9.17) is 25.1 Å². The number of benzene rings is 1. The summed E-state index contributed by atoms with van der Waals surface area (Å²) in [4.78, 5) is 10.9. The normalized spacial score (nSPS) is 11.8. The zero-order valence-corrected chi connectivity index (χ0v) is 10.2. The molecule has 0 bridgehead atoms. The van der Waals surface area contributed by atoms with Crippen LogP contribution in [-0.2, 0) is 4.79 Å². The molecule has 1 rings (SSSR count). The highest BCUT2D eigenvalue weighted by atomic mass is 19.1. The minimum Gasteiger partial charge on any atom is -0.493 e. The standard InChI is InChI=1S/C11H14FNO5/c1-16-6-4-5(12)9(17-2)7(10(6)18-3)8(13)11(14)15/h4,8H,13H2,1-3H3,(H,14,15). The fourth-order valence-corrected chi connectivity index (χ4v) is 1.59. The number of aliphatic carboxylic acids is 1. The van der Waals surface area contributed by atoms with Gasteiger partial charge in [-0.2, -0.15) is 0 Å². The van der Waals surface area contributed by atoms with Crippen molar-refractivity contribution in [2.45, 2.75) is 6.04 Å². The summed E-state index contributed by atoms with van der Waals surface area (Å²) in [6.07, 6.45) is 0. The van der Waals surface area contributed by atoms with Crippen molar-refractivity contribution in [1.29, 1.82) is 0 Å². The van der Waals surface area contributed by atoms with Crippen LogP contribution < -0.4 is 19.9 Å². The summed E-state index contributed by atoms with van der Waals surface area (Å²) >= 11 is 0. The van der Waals surface area contributed by atoms with Gasteiger partial charge in [-0.3, -0.25) is 4.79 Å². The molecule has 0 aliphatic carbocycles. The lowest BCUT2D eigenvalue weighted by Crippen LogP contribution is -2.22. The molecule has 0 spiro atoms. The van der Waals surface area contributed by atoms with Gasteiger partial charge in [0.2, 0.25) is 0 Å². The maximum absolute atomic E-state index is 13.7. The predicted molar refractivity (Wildman–Crippen MR) is 60.6 cm³/mol. The van der Waals surface area contributed by atoms with Crippen LogP contribution in [0.15, 0.2) is 6.07 Å². The number of nitrogens with two attached hydrogens (primary N) is 1. The van der Waals surface area contributed by atoms with Crippen molar-refractivity contribution in [1.82, 2.24) is 0 Å². The zero-order valence-electron chi connectivity index (χ0n) is 10.2. The summed E-state index contributed by atoms with van der Waals surface area (Å²) in [6.45, 7) is 0. The number of carboxylic acid groups (broad SMARTS) is 1. The summed E-state index contributed by atoms with van der Waals surface area (Å²) in [5, 5.41) is 8.93. The van der Waals surface area contributed by atoms with Gasteiger partial charge < -0.3 is 25.1 Å². The van der Waals surface area contributed by atoms with Crippen LogP contribution >= 0.6 is 0 Å². The third kappa shape index (κ3) is 2.30. The van der Waals surface area contributed by atoms with Gasteiger partial charge in [-0.1, -0.05) is 0 Å². The van der Waals surface area contributed by atoms with Crippen LogP contribution in [0.25, 0.3) is 0 Å². The Morgan fingerprint density at radius 2 is 1.83 bits per heavy atom. The average Bonchev–Trinajstić information content (AvgIpc) is 2.36. The van der Waals surface area contributed by atoms with Gasteiger partial charge in [-0.25, -0.2) is 4.39 Å². The summed E-state index contributed by atoms with van der Waals surface area (Å²) in [7, 11) is 3.81. The van der Waals surface area contributed by atoms with Crippen LogP contribution in [0.1, 0.15) is 11.6 Å². The molecule has 0 amide bonds. The highest BCUT2D eigenvalue weighted by Gasteiger charge is 2.29. The van der Waals surface area contributed by atoms with E-state index in [1.165, 1.54) is 21.3 Å². The van der Waals surface area contributed by atoms with Crippen molar-refractivity contribution < 1.29 is 28.5 Å². The largest absolute Gasteiger partial charge is 0.493 e. The van der Waals surface area contributed by atoms with Gasteiger partial charge in [-0.05, 0) is 0 Å². The number of carbonyl (C=O) groups is 1. The highest BCUT2D eigenvalue weighted by molar-refractivity contribution is 5.79. The molecule has 0 radical (unpaired) electrons. The van der Waals surface area contributed by atoms with Crippen molar-refractivity contribution >= 4 is 5.97 Å². The van der Waals surface area contributed by atoms with Crippen LogP contribution in [0.2, 0.25) is 0 Å². The van der Waals surface area contributed by atoms with Gasteiger partial charge in [0, 0.05) is 6.07 Å². The number of methoxy groups -OCH3 is 3. The molecular formula is C11H14FNO5. The molecule has 7 heteroatoms. The summed E-state index contributed by atoms with van der Waals surface area (Å²) in [6, 6.07) is -0.449. The molecule has 0 saturated heterocycles. The Morgan fingerprint density at radius 1 is 1.28 bits per heavy atom. The molecule has 0 aromatic heterocycles. The van der Waals surface area contributed by atoms with Crippen molar-refractivity contribution in [3.63, 3.8) is 0 Å². The maximum Gasteiger partial charge on any atom is 0.325 e. The molecule has 0 heterocycles. The molecule has 6 nitrogen and oxygen atoms in total. The first-order valence-electron chi connectivity index (χ1n) is 4.94. The van der Waals surface area contributed by atoms with Crippen molar-refractivity contribution in [3.05, 3.63) is 17.4 Å². The van der Waals surface area contributed by atoms with E-state index >= 15 is 0 Å². The molecule has 100 valence electrons. The van der Waals surface area contributed by atoms with Gasteiger partial charge in [0.15, 0.2) is 23.1 Å². The molecule has 0 fully saturated rings.